The van der Waals surface area contributed by atoms with Crippen molar-refractivity contribution >= 4 is 6.03 Å². The molecule has 1 aliphatic carbocycles. The second-order valence-electron chi connectivity index (χ2n) is 10.5. The van der Waals surface area contributed by atoms with Gasteiger partial charge in [-0.25, -0.2) is 4.79 Å². The number of urea groups is 1. The number of nitrogens with zero attached hydrogens (tertiary/aromatic N) is 1. The Bertz CT molecular complexity index is 677. The third-order valence-corrected chi connectivity index (χ3v) is 7.92. The van der Waals surface area contributed by atoms with Gasteiger partial charge in [0, 0.05) is 38.9 Å². The normalized spacial score (nSPS) is 21.2. The maximum absolute atomic E-state index is 13.3. The van der Waals surface area contributed by atoms with Crippen molar-refractivity contribution in [1.82, 2.24) is 15.5 Å². The minimum absolute atomic E-state index is 0.143. The van der Waals surface area contributed by atoms with Gasteiger partial charge in [-0.2, -0.15) is 0 Å². The predicted octanol–water partition coefficient (Wildman–Crippen LogP) is 5.96. The largest absolute Gasteiger partial charge is 0.382 e. The molecule has 0 radical (unpaired) electrons. The van der Waals surface area contributed by atoms with Gasteiger partial charge in [-0.3, -0.25) is 0 Å². The molecule has 1 aliphatic heterocycles. The van der Waals surface area contributed by atoms with E-state index in [4.69, 9.17) is 4.74 Å². The molecule has 192 valence electrons. The van der Waals surface area contributed by atoms with E-state index in [1.54, 1.807) is 0 Å². The van der Waals surface area contributed by atoms with Crippen LogP contribution in [0.5, 0.6) is 0 Å². The van der Waals surface area contributed by atoms with Crippen molar-refractivity contribution in [3.63, 3.8) is 0 Å². The number of piperidine rings is 1. The molecule has 2 N–H and O–H groups in total. The highest BCUT2D eigenvalue weighted by atomic mass is 16.5. The number of carbonyl (C=O) groups is 1. The van der Waals surface area contributed by atoms with Gasteiger partial charge >= 0.3 is 6.03 Å². The summed E-state index contributed by atoms with van der Waals surface area (Å²) in [6.07, 6.45) is 13.6. The quantitative estimate of drug-likeness (QED) is 0.349. The number of hydrogen-bond acceptors (Lipinski definition) is 3. The van der Waals surface area contributed by atoms with Crippen LogP contribution in [-0.2, 0) is 4.74 Å². The maximum atomic E-state index is 13.3. The van der Waals surface area contributed by atoms with E-state index in [2.05, 4.69) is 52.8 Å². The van der Waals surface area contributed by atoms with Crippen LogP contribution in [0, 0.1) is 11.8 Å². The first-order chi connectivity index (χ1) is 16.7. The van der Waals surface area contributed by atoms with Gasteiger partial charge in [0.25, 0.3) is 0 Å². The number of benzene rings is 1. The summed E-state index contributed by atoms with van der Waals surface area (Å²) in [5.41, 5.74) is 1.43. The Morgan fingerprint density at radius 2 is 1.88 bits per heavy atom. The van der Waals surface area contributed by atoms with Gasteiger partial charge in [0.15, 0.2) is 0 Å². The van der Waals surface area contributed by atoms with Crippen molar-refractivity contribution in [2.45, 2.75) is 89.5 Å². The van der Waals surface area contributed by atoms with Crippen LogP contribution in [0.4, 0.5) is 4.79 Å². The third-order valence-electron chi connectivity index (χ3n) is 7.92. The summed E-state index contributed by atoms with van der Waals surface area (Å²) < 4.78 is 5.56. The Labute approximate surface area is 208 Å². The number of rotatable bonds is 13. The number of ether oxygens (including phenoxy) is 1. The Morgan fingerprint density at radius 1 is 1.09 bits per heavy atom. The van der Waals surface area contributed by atoms with Gasteiger partial charge in [0.1, 0.15) is 0 Å². The van der Waals surface area contributed by atoms with E-state index in [1.165, 1.54) is 56.9 Å². The summed E-state index contributed by atoms with van der Waals surface area (Å²) in [6, 6.07) is 11.3. The molecule has 1 saturated heterocycles. The van der Waals surface area contributed by atoms with E-state index >= 15 is 0 Å². The topological polar surface area (TPSA) is 53.6 Å². The molecule has 2 fully saturated rings. The smallest absolute Gasteiger partial charge is 0.317 e. The molecule has 0 spiro atoms. The molecule has 1 aromatic rings. The van der Waals surface area contributed by atoms with Crippen LogP contribution in [-0.4, -0.2) is 56.9 Å². The molecule has 0 aromatic heterocycles. The van der Waals surface area contributed by atoms with Crippen molar-refractivity contribution in [1.29, 1.82) is 0 Å². The lowest BCUT2D eigenvalue weighted by atomic mass is 9.78. The Kier molecular flexibility index (Phi) is 12.2. The molecule has 1 heterocycles. The zero-order valence-corrected chi connectivity index (χ0v) is 21.8. The monoisotopic (exact) mass is 471 g/mol. The SMILES string of the molecule is CCOCCCCC(c1ccccc1)C1CCCN(C(=O)N[C@H](CNC)CC2CCCCC2)C1. The Balaban J connectivity index is 1.58. The third kappa shape index (κ3) is 8.88. The fourth-order valence-electron chi connectivity index (χ4n) is 6.14. The Morgan fingerprint density at radius 3 is 2.62 bits per heavy atom. The molecule has 1 aromatic carbocycles. The molecule has 2 amide bonds. The first-order valence-electron chi connectivity index (χ1n) is 14.0. The number of amides is 2. The minimum atomic E-state index is 0.143. The van der Waals surface area contributed by atoms with Crippen LogP contribution in [0.15, 0.2) is 30.3 Å². The molecule has 2 aliphatic rings. The van der Waals surface area contributed by atoms with Gasteiger partial charge in [-0.1, -0.05) is 68.9 Å². The van der Waals surface area contributed by atoms with Crippen molar-refractivity contribution in [3.8, 4) is 0 Å². The highest BCUT2D eigenvalue weighted by Gasteiger charge is 2.31. The van der Waals surface area contributed by atoms with Crippen LogP contribution in [0.2, 0.25) is 0 Å². The molecule has 34 heavy (non-hydrogen) atoms. The lowest BCUT2D eigenvalue weighted by Crippen LogP contribution is -2.51. The minimum Gasteiger partial charge on any atom is -0.382 e. The van der Waals surface area contributed by atoms with Crippen molar-refractivity contribution < 1.29 is 9.53 Å². The number of likely N-dealkylation sites (N-methyl/N-ethyl adjacent to an activating group) is 1. The fraction of sp³-hybridized carbons (Fsp3) is 0.759. The number of unbranched alkanes of at least 4 members (excludes halogenated alkanes) is 1. The zero-order valence-electron chi connectivity index (χ0n) is 21.8. The van der Waals surface area contributed by atoms with E-state index < -0.39 is 0 Å². The second-order valence-corrected chi connectivity index (χ2v) is 10.5. The van der Waals surface area contributed by atoms with Gasteiger partial charge in [0.05, 0.1) is 0 Å². The van der Waals surface area contributed by atoms with Gasteiger partial charge in [-0.05, 0) is 69.4 Å². The van der Waals surface area contributed by atoms with E-state index in [9.17, 15) is 4.79 Å². The van der Waals surface area contributed by atoms with E-state index in [1.807, 2.05) is 7.05 Å². The van der Waals surface area contributed by atoms with Crippen molar-refractivity contribution in [2.24, 2.45) is 11.8 Å². The fourth-order valence-corrected chi connectivity index (χ4v) is 6.14. The van der Waals surface area contributed by atoms with Crippen molar-refractivity contribution in [3.05, 3.63) is 35.9 Å². The van der Waals surface area contributed by atoms with Crippen LogP contribution in [0.25, 0.3) is 0 Å². The van der Waals surface area contributed by atoms with Crippen LogP contribution >= 0.6 is 0 Å². The lowest BCUT2D eigenvalue weighted by Gasteiger charge is -2.38. The predicted molar refractivity (Wildman–Crippen MR) is 141 cm³/mol. The van der Waals surface area contributed by atoms with E-state index in [-0.39, 0.29) is 12.1 Å². The highest BCUT2D eigenvalue weighted by molar-refractivity contribution is 5.74. The molecule has 1 saturated carbocycles. The zero-order chi connectivity index (χ0) is 24.0. The highest BCUT2D eigenvalue weighted by Crippen LogP contribution is 2.36. The first-order valence-corrected chi connectivity index (χ1v) is 14.0. The summed E-state index contributed by atoms with van der Waals surface area (Å²) in [4.78, 5) is 15.4. The molecule has 3 rings (SSSR count). The summed E-state index contributed by atoms with van der Waals surface area (Å²) in [5.74, 6) is 1.80. The van der Waals surface area contributed by atoms with Crippen LogP contribution in [0.1, 0.15) is 89.0 Å². The molecule has 5 heteroatoms. The van der Waals surface area contributed by atoms with Crippen LogP contribution < -0.4 is 10.6 Å². The maximum Gasteiger partial charge on any atom is 0.317 e. The van der Waals surface area contributed by atoms with Crippen LogP contribution in [0.3, 0.4) is 0 Å². The summed E-state index contributed by atoms with van der Waals surface area (Å²) in [7, 11) is 1.99. The molecule has 3 atom stereocenters. The molecule has 5 nitrogen and oxygen atoms in total. The summed E-state index contributed by atoms with van der Waals surface area (Å²) in [6.45, 7) is 6.31. The van der Waals surface area contributed by atoms with Gasteiger partial charge in [-0.15, -0.1) is 0 Å². The average Bonchev–Trinajstić information content (AvgIpc) is 2.87. The van der Waals surface area contributed by atoms with Gasteiger partial charge in [0.2, 0.25) is 0 Å². The van der Waals surface area contributed by atoms with E-state index in [0.29, 0.717) is 11.8 Å². The molecular weight excluding hydrogens is 422 g/mol. The summed E-state index contributed by atoms with van der Waals surface area (Å²) in [5, 5.41) is 6.72. The van der Waals surface area contributed by atoms with E-state index in [0.717, 1.165) is 58.0 Å². The standard InChI is InChI=1S/C29H49N3O2/c1-3-34-20-11-10-18-28(25-15-8-5-9-16-25)26-17-12-19-32(23-26)29(33)31-27(22-30-2)21-24-13-6-4-7-14-24/h5,8-9,15-16,24,26-28,30H,3-4,6-7,10-14,17-23H2,1-2H3,(H,31,33)/t26?,27-,28?/m0/s1. The summed E-state index contributed by atoms with van der Waals surface area (Å²) >= 11 is 0. The first kappa shape index (κ1) is 27.0. The number of hydrogen-bond donors (Lipinski definition) is 2. The molecule has 2 unspecified atom stereocenters. The lowest BCUT2D eigenvalue weighted by molar-refractivity contribution is 0.136. The second kappa shape index (κ2) is 15.4. The Hall–Kier alpha value is -1.59. The van der Waals surface area contributed by atoms with Crippen molar-refractivity contribution in [2.75, 3.05) is 39.9 Å². The molecule has 0 bridgehead atoms. The number of carbonyl (C=O) groups excluding carboxylic acids is 1. The van der Waals surface area contributed by atoms with Gasteiger partial charge < -0.3 is 20.3 Å². The molecular formula is C29H49N3O2. The number of likely N-dealkylation sites (tertiary alicyclic amines) is 1. The number of nitrogens with one attached hydrogen (secondary N) is 2. The average molecular weight is 472 g/mol.